The van der Waals surface area contributed by atoms with E-state index < -0.39 is 11.9 Å². The number of Topliss-reactive ketones (excluding diaryl/α,β-unsaturated/α-hetero) is 1. The van der Waals surface area contributed by atoms with Gasteiger partial charge in [0.15, 0.2) is 17.4 Å². The summed E-state index contributed by atoms with van der Waals surface area (Å²) in [5.74, 6) is 0.286. The Hall–Kier alpha value is -3.13. The zero-order valence-corrected chi connectivity index (χ0v) is 15.0. The Morgan fingerprint density at radius 2 is 2.11 bits per heavy atom. The van der Waals surface area contributed by atoms with Crippen molar-refractivity contribution in [3.05, 3.63) is 70.5 Å². The van der Waals surface area contributed by atoms with Crippen molar-refractivity contribution in [2.75, 3.05) is 5.32 Å². The average molecular weight is 392 g/mol. The van der Waals surface area contributed by atoms with E-state index in [2.05, 4.69) is 10.4 Å². The van der Waals surface area contributed by atoms with E-state index in [4.69, 9.17) is 20.8 Å². The van der Waals surface area contributed by atoms with Crippen LogP contribution in [0.5, 0.6) is 0 Å². The fourth-order valence-corrected chi connectivity index (χ4v) is 2.47. The Morgan fingerprint density at radius 3 is 2.85 bits per heavy atom. The number of ketones is 1. The summed E-state index contributed by atoms with van der Waals surface area (Å²) in [7, 11) is 0. The van der Waals surface area contributed by atoms with Gasteiger partial charge < -0.3 is 9.15 Å². The molecule has 9 heteroatoms. The molecule has 0 aliphatic heterocycles. The molecule has 140 valence electrons. The molecular formula is C18H15ClFN3O4. The first-order chi connectivity index (χ1) is 12.9. The van der Waals surface area contributed by atoms with Crippen LogP contribution in [0.15, 0.2) is 47.0 Å². The zero-order chi connectivity index (χ0) is 19.4. The third-order valence-corrected chi connectivity index (χ3v) is 3.88. The molecule has 3 rings (SSSR count). The van der Waals surface area contributed by atoms with Gasteiger partial charge in [-0.2, -0.15) is 5.10 Å². The summed E-state index contributed by atoms with van der Waals surface area (Å²) >= 11 is 5.68. The number of hydrogen-bond donors (Lipinski definition) is 1. The highest BCUT2D eigenvalue weighted by molar-refractivity contribution is 6.30. The normalized spacial score (nSPS) is 10.6. The van der Waals surface area contributed by atoms with Gasteiger partial charge in [-0.3, -0.25) is 14.8 Å². The van der Waals surface area contributed by atoms with Crippen molar-refractivity contribution in [3.63, 3.8) is 0 Å². The number of amides is 1. The molecule has 3 aromatic rings. The lowest BCUT2D eigenvalue weighted by Crippen LogP contribution is -2.14. The van der Waals surface area contributed by atoms with Gasteiger partial charge in [-0.25, -0.2) is 9.18 Å². The smallest absolute Gasteiger partial charge is 0.413 e. The highest BCUT2D eigenvalue weighted by atomic mass is 35.5. The molecule has 0 radical (unpaired) electrons. The minimum atomic E-state index is -0.781. The Kier molecular flexibility index (Phi) is 5.56. The first-order valence-corrected chi connectivity index (χ1v) is 8.30. The molecule has 7 nitrogen and oxygen atoms in total. The molecule has 0 saturated carbocycles. The van der Waals surface area contributed by atoms with E-state index in [-0.39, 0.29) is 41.1 Å². The van der Waals surface area contributed by atoms with Crippen molar-refractivity contribution in [2.24, 2.45) is 0 Å². The first-order valence-electron chi connectivity index (χ1n) is 7.92. The molecule has 2 heterocycles. The monoisotopic (exact) mass is 391 g/mol. The second kappa shape index (κ2) is 8.05. The number of ether oxygens (including phenoxy) is 1. The van der Waals surface area contributed by atoms with Crippen LogP contribution in [0.1, 0.15) is 28.8 Å². The number of furan rings is 1. The maximum atomic E-state index is 13.8. The third kappa shape index (κ3) is 4.73. The number of carbonyl (C=O) groups is 2. The van der Waals surface area contributed by atoms with Crippen LogP contribution in [0.2, 0.25) is 5.02 Å². The molecule has 0 aliphatic carbocycles. The predicted molar refractivity (Wildman–Crippen MR) is 95.3 cm³/mol. The van der Waals surface area contributed by atoms with Crippen LogP contribution in [-0.4, -0.2) is 21.7 Å². The molecule has 0 aliphatic rings. The van der Waals surface area contributed by atoms with Crippen molar-refractivity contribution < 1.29 is 23.1 Å². The first kappa shape index (κ1) is 18.7. The molecule has 27 heavy (non-hydrogen) atoms. The van der Waals surface area contributed by atoms with Gasteiger partial charge in [-0.15, -0.1) is 0 Å². The molecule has 0 spiro atoms. The van der Waals surface area contributed by atoms with Crippen LogP contribution in [0.3, 0.4) is 0 Å². The summed E-state index contributed by atoms with van der Waals surface area (Å²) in [5.41, 5.74) is 0.169. The second-order valence-corrected chi connectivity index (χ2v) is 6.04. The van der Waals surface area contributed by atoms with Gasteiger partial charge in [0.2, 0.25) is 0 Å². The van der Waals surface area contributed by atoms with Crippen molar-refractivity contribution in [1.29, 1.82) is 0 Å². The lowest BCUT2D eigenvalue weighted by atomic mass is 10.2. The Labute approximate surface area is 158 Å². The van der Waals surface area contributed by atoms with Gasteiger partial charge in [-0.05, 0) is 18.2 Å². The van der Waals surface area contributed by atoms with Crippen LogP contribution >= 0.6 is 11.6 Å². The number of anilines is 1. The van der Waals surface area contributed by atoms with Crippen molar-refractivity contribution in [3.8, 4) is 0 Å². The maximum absolute atomic E-state index is 13.8. The van der Waals surface area contributed by atoms with Crippen LogP contribution in [0.4, 0.5) is 15.0 Å². The molecule has 1 N–H and O–H groups in total. The molecule has 0 unspecified atom stereocenters. The highest BCUT2D eigenvalue weighted by Gasteiger charge is 2.11. The number of halogens is 2. The highest BCUT2D eigenvalue weighted by Crippen LogP contribution is 2.18. The SMILES string of the molecule is CC(=O)c1ccc(Cn2ccc(NC(=O)OCc3cccc(Cl)c3F)n2)o1. The summed E-state index contributed by atoms with van der Waals surface area (Å²) in [6.45, 7) is 1.44. The van der Waals surface area contributed by atoms with Gasteiger partial charge in [0.05, 0.1) is 11.6 Å². The fourth-order valence-electron chi connectivity index (χ4n) is 2.27. The van der Waals surface area contributed by atoms with Crippen LogP contribution in [-0.2, 0) is 17.9 Å². The standard InChI is InChI=1S/C18H15ClFN3O4/c1-11(24)15-6-5-13(27-15)9-23-8-7-16(22-23)21-18(25)26-10-12-3-2-4-14(19)17(12)20/h2-8H,9-10H2,1H3,(H,21,22,25). The fraction of sp³-hybridized carbons (Fsp3) is 0.167. The Morgan fingerprint density at radius 1 is 1.30 bits per heavy atom. The quantitative estimate of drug-likeness (QED) is 0.634. The van der Waals surface area contributed by atoms with Gasteiger partial charge >= 0.3 is 6.09 Å². The van der Waals surface area contributed by atoms with E-state index in [1.54, 1.807) is 30.5 Å². The minimum Gasteiger partial charge on any atom is -0.456 e. The zero-order valence-electron chi connectivity index (χ0n) is 14.2. The number of benzene rings is 1. The topological polar surface area (TPSA) is 86.4 Å². The number of hydrogen-bond acceptors (Lipinski definition) is 5. The molecule has 0 fully saturated rings. The lowest BCUT2D eigenvalue weighted by molar-refractivity contribution is 0.0985. The van der Waals surface area contributed by atoms with Crippen molar-refractivity contribution >= 4 is 29.3 Å². The molecule has 0 saturated heterocycles. The summed E-state index contributed by atoms with van der Waals surface area (Å²) in [5, 5.41) is 6.55. The van der Waals surface area contributed by atoms with Crippen molar-refractivity contribution in [1.82, 2.24) is 9.78 Å². The third-order valence-electron chi connectivity index (χ3n) is 3.59. The maximum Gasteiger partial charge on any atom is 0.413 e. The van der Waals surface area contributed by atoms with Crippen molar-refractivity contribution in [2.45, 2.75) is 20.1 Å². The Balaban J connectivity index is 1.54. The van der Waals surface area contributed by atoms with E-state index in [9.17, 15) is 14.0 Å². The van der Waals surface area contributed by atoms with E-state index in [0.717, 1.165) is 0 Å². The minimum absolute atomic E-state index is 0.0406. The number of rotatable bonds is 6. The predicted octanol–water partition coefficient (Wildman–Crippen LogP) is 4.27. The number of nitrogens with zero attached hydrogens (tertiary/aromatic N) is 2. The van der Waals surface area contributed by atoms with Gasteiger partial charge in [-0.1, -0.05) is 23.7 Å². The summed E-state index contributed by atoms with van der Waals surface area (Å²) in [4.78, 5) is 23.1. The van der Waals surface area contributed by atoms with Gasteiger partial charge in [0.25, 0.3) is 0 Å². The van der Waals surface area contributed by atoms with Crippen LogP contribution in [0.25, 0.3) is 0 Å². The molecule has 1 aromatic carbocycles. The van der Waals surface area contributed by atoms with Crippen LogP contribution in [0, 0.1) is 5.82 Å². The van der Waals surface area contributed by atoms with E-state index in [0.29, 0.717) is 5.76 Å². The Bertz CT molecular complexity index is 983. The van der Waals surface area contributed by atoms with Gasteiger partial charge in [0, 0.05) is 24.8 Å². The van der Waals surface area contributed by atoms with Gasteiger partial charge in [0.1, 0.15) is 18.2 Å². The second-order valence-electron chi connectivity index (χ2n) is 5.63. The number of aromatic nitrogens is 2. The number of nitrogens with one attached hydrogen (secondary N) is 1. The number of carbonyl (C=O) groups excluding carboxylic acids is 2. The average Bonchev–Trinajstić information content (AvgIpc) is 3.26. The molecule has 2 aromatic heterocycles. The van der Waals surface area contributed by atoms with E-state index >= 15 is 0 Å². The lowest BCUT2D eigenvalue weighted by Gasteiger charge is -2.07. The van der Waals surface area contributed by atoms with Crippen LogP contribution < -0.4 is 5.32 Å². The van der Waals surface area contributed by atoms with E-state index in [1.807, 2.05) is 0 Å². The largest absolute Gasteiger partial charge is 0.456 e. The molecular weight excluding hydrogens is 377 g/mol. The summed E-state index contributed by atoms with van der Waals surface area (Å²) in [6, 6.07) is 9.28. The van der Waals surface area contributed by atoms with E-state index in [1.165, 1.54) is 23.7 Å². The summed E-state index contributed by atoms with van der Waals surface area (Å²) < 4.78 is 25.6. The molecule has 0 atom stereocenters. The molecule has 1 amide bonds. The summed E-state index contributed by atoms with van der Waals surface area (Å²) in [6.07, 6.45) is 0.846. The molecule has 0 bridgehead atoms.